The smallest absolute Gasteiger partial charge is 0.323 e. The zero-order valence-electron chi connectivity index (χ0n) is 10.6. The van der Waals surface area contributed by atoms with Crippen molar-refractivity contribution >= 4 is 45.2 Å². The number of aliphatic carboxylic acids is 1. The number of halogens is 2. The lowest BCUT2D eigenvalue weighted by Gasteiger charge is -2.21. The molecule has 108 valence electrons. The van der Waals surface area contributed by atoms with E-state index in [0.29, 0.717) is 27.6 Å². The molecule has 20 heavy (non-hydrogen) atoms. The molecule has 1 saturated carbocycles. The van der Waals surface area contributed by atoms with E-state index in [9.17, 15) is 9.59 Å². The van der Waals surface area contributed by atoms with E-state index in [-0.39, 0.29) is 6.54 Å². The number of carboxylic acids is 1. The average Bonchev–Trinajstić information content (AvgIpc) is 3.15. The first-order valence-electron chi connectivity index (χ1n) is 6.18. The van der Waals surface area contributed by atoms with Crippen LogP contribution < -0.4 is 5.32 Å². The summed E-state index contributed by atoms with van der Waals surface area (Å²) < 4.78 is 0.653. The van der Waals surface area contributed by atoms with E-state index in [1.807, 2.05) is 0 Å². The van der Waals surface area contributed by atoms with Gasteiger partial charge in [0.25, 0.3) is 0 Å². The molecule has 0 heterocycles. The van der Waals surface area contributed by atoms with Gasteiger partial charge in [0.2, 0.25) is 0 Å². The van der Waals surface area contributed by atoms with Crippen LogP contribution in [0.25, 0.3) is 0 Å². The molecule has 0 aromatic heterocycles. The third kappa shape index (κ3) is 4.38. The first kappa shape index (κ1) is 15.1. The number of benzene rings is 1. The second-order valence-electron chi connectivity index (χ2n) is 4.77. The number of nitrogens with zero attached hydrogens (tertiary/aromatic N) is 1. The number of rotatable bonds is 5. The van der Waals surface area contributed by atoms with Crippen LogP contribution in [0.5, 0.6) is 0 Å². The monoisotopic (exact) mass is 360 g/mol. The van der Waals surface area contributed by atoms with Gasteiger partial charge in [0.05, 0.1) is 5.69 Å². The second kappa shape index (κ2) is 6.45. The molecule has 0 spiro atoms. The maximum atomic E-state index is 12.1. The van der Waals surface area contributed by atoms with Gasteiger partial charge in [-0.15, -0.1) is 0 Å². The summed E-state index contributed by atoms with van der Waals surface area (Å²) in [5.74, 6) is -0.593. The van der Waals surface area contributed by atoms with E-state index in [1.165, 1.54) is 4.90 Å². The number of carbonyl (C=O) groups excluding carboxylic acids is 1. The minimum atomic E-state index is -1.02. The predicted molar refractivity (Wildman–Crippen MR) is 80.1 cm³/mol. The number of amides is 2. The van der Waals surface area contributed by atoms with Crippen LogP contribution in [-0.4, -0.2) is 35.1 Å². The predicted octanol–water partition coefficient (Wildman–Crippen LogP) is 3.43. The molecule has 1 fully saturated rings. The summed E-state index contributed by atoms with van der Waals surface area (Å²) in [6.07, 6.45) is 2.10. The molecular formula is C13H14BrClN2O3. The molecule has 0 saturated heterocycles. The molecular weight excluding hydrogens is 348 g/mol. The Morgan fingerprint density at radius 3 is 2.70 bits per heavy atom. The van der Waals surface area contributed by atoms with Crippen LogP contribution in [0.3, 0.4) is 0 Å². The maximum Gasteiger partial charge on any atom is 0.323 e. The zero-order valence-corrected chi connectivity index (χ0v) is 12.9. The molecule has 1 aliphatic rings. The van der Waals surface area contributed by atoms with E-state index in [1.54, 1.807) is 18.2 Å². The lowest BCUT2D eigenvalue weighted by atomic mass is 10.3. The van der Waals surface area contributed by atoms with Crippen molar-refractivity contribution in [3.05, 3.63) is 27.7 Å². The third-order valence-corrected chi connectivity index (χ3v) is 3.85. The van der Waals surface area contributed by atoms with Gasteiger partial charge in [0, 0.05) is 16.0 Å². The molecule has 2 N–H and O–H groups in total. The molecule has 7 heteroatoms. The second-order valence-corrected chi connectivity index (χ2v) is 6.06. The van der Waals surface area contributed by atoms with Gasteiger partial charge in [-0.3, -0.25) is 4.79 Å². The van der Waals surface area contributed by atoms with Gasteiger partial charge >= 0.3 is 12.0 Å². The Bertz CT molecular complexity index is 534. The summed E-state index contributed by atoms with van der Waals surface area (Å²) >= 11 is 9.14. The van der Waals surface area contributed by atoms with Crippen LogP contribution in [0.15, 0.2) is 22.7 Å². The fourth-order valence-electron chi connectivity index (χ4n) is 1.78. The summed E-state index contributed by atoms with van der Waals surface area (Å²) in [7, 11) is 0. The Kier molecular flexibility index (Phi) is 4.88. The number of hydrogen-bond donors (Lipinski definition) is 2. The molecule has 0 radical (unpaired) electrons. The van der Waals surface area contributed by atoms with Crippen LogP contribution in [0.4, 0.5) is 10.5 Å². The highest BCUT2D eigenvalue weighted by molar-refractivity contribution is 9.10. The van der Waals surface area contributed by atoms with Crippen LogP contribution in [0, 0.1) is 5.92 Å². The molecule has 1 aromatic carbocycles. The largest absolute Gasteiger partial charge is 0.480 e. The molecule has 1 aromatic rings. The highest BCUT2D eigenvalue weighted by atomic mass is 79.9. The number of carbonyl (C=O) groups is 2. The molecule has 5 nitrogen and oxygen atoms in total. The van der Waals surface area contributed by atoms with Gasteiger partial charge in [-0.25, -0.2) is 4.79 Å². The van der Waals surface area contributed by atoms with Crippen LogP contribution >= 0.6 is 27.5 Å². The van der Waals surface area contributed by atoms with E-state index < -0.39 is 12.0 Å². The van der Waals surface area contributed by atoms with Gasteiger partial charge in [-0.1, -0.05) is 11.6 Å². The zero-order chi connectivity index (χ0) is 14.7. The summed E-state index contributed by atoms with van der Waals surface area (Å²) in [6.45, 7) is 0.177. The Morgan fingerprint density at radius 1 is 1.45 bits per heavy atom. The fraction of sp³-hybridized carbons (Fsp3) is 0.385. The first-order valence-corrected chi connectivity index (χ1v) is 7.35. The van der Waals surface area contributed by atoms with Gasteiger partial charge < -0.3 is 15.3 Å². The number of anilines is 1. The minimum absolute atomic E-state index is 0.298. The van der Waals surface area contributed by atoms with Crippen molar-refractivity contribution in [3.8, 4) is 0 Å². The minimum Gasteiger partial charge on any atom is -0.480 e. The quantitative estimate of drug-likeness (QED) is 0.844. The molecule has 0 atom stereocenters. The first-order chi connectivity index (χ1) is 9.45. The Morgan fingerprint density at radius 2 is 2.15 bits per heavy atom. The number of nitrogens with one attached hydrogen (secondary N) is 1. The highest BCUT2D eigenvalue weighted by Gasteiger charge is 2.28. The summed E-state index contributed by atoms with van der Waals surface area (Å²) in [4.78, 5) is 24.3. The van der Waals surface area contributed by atoms with Gasteiger partial charge in [0.15, 0.2) is 0 Å². The van der Waals surface area contributed by atoms with Crippen molar-refractivity contribution in [3.63, 3.8) is 0 Å². The molecule has 0 bridgehead atoms. The Labute approximate surface area is 130 Å². The van der Waals surface area contributed by atoms with Crippen LogP contribution in [-0.2, 0) is 4.79 Å². The number of hydrogen-bond acceptors (Lipinski definition) is 2. The van der Waals surface area contributed by atoms with Crippen molar-refractivity contribution in [2.45, 2.75) is 12.8 Å². The van der Waals surface area contributed by atoms with E-state index in [2.05, 4.69) is 21.2 Å². The molecule has 1 aliphatic carbocycles. The normalized spacial score (nSPS) is 13.9. The van der Waals surface area contributed by atoms with Gasteiger partial charge in [-0.2, -0.15) is 0 Å². The van der Waals surface area contributed by atoms with Crippen molar-refractivity contribution in [2.24, 2.45) is 5.92 Å². The maximum absolute atomic E-state index is 12.1. The standard InChI is InChI=1S/C13H14BrClN2O3/c14-10-5-9(15)3-4-11(10)16-13(20)17(7-12(18)19)6-8-1-2-8/h3-5,8H,1-2,6-7H2,(H,16,20)(H,18,19). The lowest BCUT2D eigenvalue weighted by molar-refractivity contribution is -0.137. The van der Waals surface area contributed by atoms with Crippen molar-refractivity contribution in [1.29, 1.82) is 0 Å². The highest BCUT2D eigenvalue weighted by Crippen LogP contribution is 2.30. The SMILES string of the molecule is O=C(O)CN(CC1CC1)C(=O)Nc1ccc(Cl)cc1Br. The van der Waals surface area contributed by atoms with E-state index in [0.717, 1.165) is 12.8 Å². The summed E-state index contributed by atoms with van der Waals surface area (Å²) in [6, 6.07) is 4.58. The Balaban J connectivity index is 2.04. The van der Waals surface area contributed by atoms with Crippen molar-refractivity contribution < 1.29 is 14.7 Å². The number of carboxylic acid groups (broad SMARTS) is 1. The molecule has 2 rings (SSSR count). The van der Waals surface area contributed by atoms with E-state index in [4.69, 9.17) is 16.7 Å². The van der Waals surface area contributed by atoms with Crippen molar-refractivity contribution in [1.82, 2.24) is 4.90 Å². The lowest BCUT2D eigenvalue weighted by Crippen LogP contribution is -2.40. The van der Waals surface area contributed by atoms with Gasteiger partial charge in [0.1, 0.15) is 6.54 Å². The Hall–Kier alpha value is -1.27. The molecule has 0 aliphatic heterocycles. The summed E-state index contributed by atoms with van der Waals surface area (Å²) in [5, 5.41) is 12.1. The van der Waals surface area contributed by atoms with Gasteiger partial charge in [-0.05, 0) is 52.9 Å². The molecule has 2 amide bonds. The average molecular weight is 362 g/mol. The fourth-order valence-corrected chi connectivity index (χ4v) is 2.56. The molecule has 0 unspecified atom stereocenters. The topological polar surface area (TPSA) is 69.6 Å². The van der Waals surface area contributed by atoms with Crippen molar-refractivity contribution in [2.75, 3.05) is 18.4 Å². The van der Waals surface area contributed by atoms with E-state index >= 15 is 0 Å². The third-order valence-electron chi connectivity index (χ3n) is 2.96. The summed E-state index contributed by atoms with van der Waals surface area (Å²) in [5.41, 5.74) is 0.561. The van der Waals surface area contributed by atoms with Crippen LogP contribution in [0.1, 0.15) is 12.8 Å². The number of urea groups is 1. The van der Waals surface area contributed by atoms with Crippen LogP contribution in [0.2, 0.25) is 5.02 Å².